The van der Waals surface area contributed by atoms with Gasteiger partial charge in [0, 0.05) is 31.2 Å². The summed E-state index contributed by atoms with van der Waals surface area (Å²) in [5.41, 5.74) is -0.606. The van der Waals surface area contributed by atoms with Gasteiger partial charge in [-0.3, -0.25) is 4.90 Å². The molecule has 2 aromatic heterocycles. The number of hydrogen-bond acceptors (Lipinski definition) is 4. The van der Waals surface area contributed by atoms with Crippen LogP contribution in [0, 0.1) is 0 Å². The summed E-state index contributed by atoms with van der Waals surface area (Å²) >= 11 is 0. The fraction of sp³-hybridized carbons (Fsp3) is 0.409. The Hall–Kier alpha value is -2.58. The highest BCUT2D eigenvalue weighted by Gasteiger charge is 2.39. The standard InChI is InChI=1S/C22H24F3N3O2/c1-30-18-6-4-16(5-7-18)14-27-11-8-21(29,9-12-27)15-28-19(22(23,24)25)13-17-3-2-10-26-20(17)28/h2-7,10,13,29H,8-9,11-12,14-15H2,1H3. The van der Waals surface area contributed by atoms with Crippen molar-refractivity contribution in [3.63, 3.8) is 0 Å². The molecule has 30 heavy (non-hydrogen) atoms. The molecule has 160 valence electrons. The maximum atomic E-state index is 13.6. The second-order valence-corrected chi connectivity index (χ2v) is 7.88. The second kappa shape index (κ2) is 7.92. The molecule has 1 N–H and O–H groups in total. The lowest BCUT2D eigenvalue weighted by Gasteiger charge is -2.39. The zero-order chi connectivity index (χ0) is 21.4. The predicted molar refractivity (Wildman–Crippen MR) is 107 cm³/mol. The summed E-state index contributed by atoms with van der Waals surface area (Å²) in [6, 6.07) is 12.1. The zero-order valence-electron chi connectivity index (χ0n) is 16.7. The molecule has 0 atom stereocenters. The number of pyridine rings is 1. The van der Waals surface area contributed by atoms with Crippen molar-refractivity contribution in [3.8, 4) is 5.75 Å². The summed E-state index contributed by atoms with van der Waals surface area (Å²) in [6.45, 7) is 1.81. The average Bonchev–Trinajstić information content (AvgIpc) is 3.09. The third kappa shape index (κ3) is 4.29. The Kier molecular flexibility index (Phi) is 5.46. The highest BCUT2D eigenvalue weighted by atomic mass is 19.4. The van der Waals surface area contributed by atoms with E-state index >= 15 is 0 Å². The van der Waals surface area contributed by atoms with Crippen LogP contribution in [0.2, 0.25) is 0 Å². The highest BCUT2D eigenvalue weighted by molar-refractivity contribution is 5.77. The topological polar surface area (TPSA) is 50.5 Å². The lowest BCUT2D eigenvalue weighted by atomic mass is 9.91. The minimum Gasteiger partial charge on any atom is -0.497 e. The van der Waals surface area contributed by atoms with Crippen molar-refractivity contribution in [3.05, 3.63) is 59.9 Å². The molecule has 3 aromatic rings. The van der Waals surface area contributed by atoms with Crippen LogP contribution in [-0.4, -0.2) is 45.4 Å². The number of piperidine rings is 1. The van der Waals surface area contributed by atoms with Crippen molar-refractivity contribution in [2.45, 2.75) is 37.7 Å². The molecule has 1 fully saturated rings. The third-order valence-corrected chi connectivity index (χ3v) is 5.75. The molecule has 3 heterocycles. The van der Waals surface area contributed by atoms with Crippen molar-refractivity contribution < 1.29 is 23.0 Å². The number of aliphatic hydroxyl groups is 1. The Bertz CT molecular complexity index is 1010. The maximum Gasteiger partial charge on any atom is 0.431 e. The number of alkyl halides is 3. The van der Waals surface area contributed by atoms with E-state index in [0.29, 0.717) is 31.3 Å². The van der Waals surface area contributed by atoms with Crippen molar-refractivity contribution in [1.29, 1.82) is 0 Å². The minimum absolute atomic E-state index is 0.126. The summed E-state index contributed by atoms with van der Waals surface area (Å²) in [7, 11) is 1.62. The molecule has 0 amide bonds. The molecular weight excluding hydrogens is 395 g/mol. The Labute approximate surface area is 172 Å². The summed E-state index contributed by atoms with van der Waals surface area (Å²) < 4.78 is 47.0. The van der Waals surface area contributed by atoms with Crippen molar-refractivity contribution in [1.82, 2.24) is 14.5 Å². The van der Waals surface area contributed by atoms with Gasteiger partial charge in [0.25, 0.3) is 0 Å². The average molecular weight is 419 g/mol. The normalized spacial score (nSPS) is 17.4. The largest absolute Gasteiger partial charge is 0.497 e. The summed E-state index contributed by atoms with van der Waals surface area (Å²) in [4.78, 5) is 6.33. The molecule has 1 aromatic carbocycles. The molecule has 0 spiro atoms. The Morgan fingerprint density at radius 2 is 1.83 bits per heavy atom. The second-order valence-electron chi connectivity index (χ2n) is 7.88. The van der Waals surface area contributed by atoms with Crippen LogP contribution in [0.3, 0.4) is 0 Å². The van der Waals surface area contributed by atoms with Crippen LogP contribution in [0.15, 0.2) is 48.7 Å². The molecule has 8 heteroatoms. The van der Waals surface area contributed by atoms with Crippen molar-refractivity contribution in [2.75, 3.05) is 20.2 Å². The molecule has 0 saturated carbocycles. The van der Waals surface area contributed by atoms with E-state index in [1.165, 1.54) is 6.20 Å². The Morgan fingerprint density at radius 1 is 1.13 bits per heavy atom. The van der Waals surface area contributed by atoms with Crippen molar-refractivity contribution in [2.24, 2.45) is 0 Å². The number of ether oxygens (including phenoxy) is 1. The first-order valence-electron chi connectivity index (χ1n) is 9.87. The molecular formula is C22H24F3N3O2. The number of aromatic nitrogens is 2. The first-order chi connectivity index (χ1) is 14.3. The number of halogens is 3. The van der Waals surface area contributed by atoms with Crippen LogP contribution >= 0.6 is 0 Å². The third-order valence-electron chi connectivity index (χ3n) is 5.75. The number of likely N-dealkylation sites (tertiary alicyclic amines) is 1. The van der Waals surface area contributed by atoms with Gasteiger partial charge in [0.05, 0.1) is 19.3 Å². The lowest BCUT2D eigenvalue weighted by Crippen LogP contribution is -2.46. The molecule has 0 radical (unpaired) electrons. The van der Waals surface area contributed by atoms with Gasteiger partial charge >= 0.3 is 6.18 Å². The van der Waals surface area contributed by atoms with Gasteiger partial charge in [0.2, 0.25) is 0 Å². The van der Waals surface area contributed by atoms with Crippen molar-refractivity contribution >= 4 is 11.0 Å². The Balaban J connectivity index is 1.47. The van der Waals surface area contributed by atoms with E-state index in [4.69, 9.17) is 4.74 Å². The molecule has 1 saturated heterocycles. The summed E-state index contributed by atoms with van der Waals surface area (Å²) in [5.74, 6) is 0.791. The van der Waals surface area contributed by atoms with Gasteiger partial charge in [-0.05, 0) is 48.7 Å². The molecule has 1 aliphatic rings. The Morgan fingerprint density at radius 3 is 2.47 bits per heavy atom. The van der Waals surface area contributed by atoms with Crippen LogP contribution in [0.25, 0.3) is 11.0 Å². The minimum atomic E-state index is -4.51. The monoisotopic (exact) mass is 419 g/mol. The quantitative estimate of drug-likeness (QED) is 0.677. The molecule has 4 rings (SSSR count). The smallest absolute Gasteiger partial charge is 0.431 e. The van der Waals surface area contributed by atoms with Crippen LogP contribution < -0.4 is 4.74 Å². The molecule has 5 nitrogen and oxygen atoms in total. The first kappa shape index (κ1) is 20.7. The SMILES string of the molecule is COc1ccc(CN2CCC(O)(Cn3c(C(F)(F)F)cc4cccnc43)CC2)cc1. The van der Waals surface area contributed by atoms with E-state index in [-0.39, 0.29) is 12.2 Å². The maximum absolute atomic E-state index is 13.6. The highest BCUT2D eigenvalue weighted by Crippen LogP contribution is 2.36. The molecule has 0 unspecified atom stereocenters. The first-order valence-corrected chi connectivity index (χ1v) is 9.87. The predicted octanol–water partition coefficient (Wildman–Crippen LogP) is 4.09. The van der Waals surface area contributed by atoms with Crippen LogP contribution in [0.1, 0.15) is 24.1 Å². The summed E-state index contributed by atoms with van der Waals surface area (Å²) in [6.07, 6.45) is -2.24. The molecule has 0 bridgehead atoms. The number of nitrogens with zero attached hydrogens (tertiary/aromatic N) is 3. The fourth-order valence-electron chi connectivity index (χ4n) is 4.05. The molecule has 1 aliphatic heterocycles. The van der Waals surface area contributed by atoms with Gasteiger partial charge in [0.15, 0.2) is 0 Å². The van der Waals surface area contributed by atoms with E-state index in [1.807, 2.05) is 24.3 Å². The fourth-order valence-corrected chi connectivity index (χ4v) is 4.05. The van der Waals surface area contributed by atoms with E-state index in [0.717, 1.165) is 28.5 Å². The van der Waals surface area contributed by atoms with E-state index < -0.39 is 17.5 Å². The van der Waals surface area contributed by atoms with Gasteiger partial charge in [0.1, 0.15) is 17.1 Å². The van der Waals surface area contributed by atoms with E-state index in [9.17, 15) is 18.3 Å². The molecule has 0 aliphatic carbocycles. The van der Waals surface area contributed by atoms with Crippen LogP contribution in [0.5, 0.6) is 5.75 Å². The number of benzene rings is 1. The van der Waals surface area contributed by atoms with Gasteiger partial charge < -0.3 is 14.4 Å². The van der Waals surface area contributed by atoms with Crippen LogP contribution in [-0.2, 0) is 19.3 Å². The van der Waals surface area contributed by atoms with Crippen LogP contribution in [0.4, 0.5) is 13.2 Å². The van der Waals surface area contributed by atoms with E-state index in [2.05, 4.69) is 9.88 Å². The number of fused-ring (bicyclic) bond motifs is 1. The lowest BCUT2D eigenvalue weighted by molar-refractivity contribution is -0.145. The van der Waals surface area contributed by atoms with Gasteiger partial charge in [-0.2, -0.15) is 13.2 Å². The summed E-state index contributed by atoms with van der Waals surface area (Å²) in [5, 5.41) is 11.5. The van der Waals surface area contributed by atoms with E-state index in [1.54, 1.807) is 19.2 Å². The van der Waals surface area contributed by atoms with Gasteiger partial charge in [-0.1, -0.05) is 12.1 Å². The van der Waals surface area contributed by atoms with Gasteiger partial charge in [-0.15, -0.1) is 0 Å². The number of hydrogen-bond donors (Lipinski definition) is 1. The number of rotatable bonds is 5. The number of methoxy groups -OCH3 is 1. The zero-order valence-corrected chi connectivity index (χ0v) is 16.7. The van der Waals surface area contributed by atoms with Gasteiger partial charge in [-0.25, -0.2) is 4.98 Å².